The first kappa shape index (κ1) is 20.0. The van der Waals surface area contributed by atoms with Gasteiger partial charge in [-0.15, -0.1) is 24.0 Å². The van der Waals surface area contributed by atoms with E-state index in [-0.39, 0.29) is 35.5 Å². The van der Waals surface area contributed by atoms with Crippen LogP contribution in [0.5, 0.6) is 0 Å². The van der Waals surface area contributed by atoms with Crippen molar-refractivity contribution in [2.75, 3.05) is 38.2 Å². The van der Waals surface area contributed by atoms with E-state index in [0.29, 0.717) is 12.0 Å². The lowest BCUT2D eigenvalue weighted by Crippen LogP contribution is -2.43. The van der Waals surface area contributed by atoms with Gasteiger partial charge in [0.2, 0.25) is 0 Å². The summed E-state index contributed by atoms with van der Waals surface area (Å²) in [5.74, 6) is 1.26. The fraction of sp³-hybridized carbons (Fsp3) is 0.933. The molecular weight excluding hydrogens is 413 g/mol. The minimum Gasteiger partial charge on any atom is -0.355 e. The Balaban J connectivity index is 0.00000242. The molecule has 2 rings (SSSR count). The Morgan fingerprint density at radius 2 is 1.91 bits per heavy atom. The standard InChI is InChI=1S/C15H29N3O2S.HI/c1-3-21(19,20)12-10-17-14(16-2)18-11-9-15(13-18)7-5-4-6-8-15;/h3-13H2,1-2H3,(H,16,17);1H. The summed E-state index contributed by atoms with van der Waals surface area (Å²) in [6.45, 7) is 4.26. The highest BCUT2D eigenvalue weighted by molar-refractivity contribution is 14.0. The van der Waals surface area contributed by atoms with E-state index < -0.39 is 9.84 Å². The van der Waals surface area contributed by atoms with E-state index >= 15 is 0 Å². The normalized spacial score (nSPS) is 21.7. The van der Waals surface area contributed by atoms with Crippen LogP contribution in [0.15, 0.2) is 4.99 Å². The Hall–Kier alpha value is -0.0500. The van der Waals surface area contributed by atoms with Gasteiger partial charge in [0.25, 0.3) is 0 Å². The maximum absolute atomic E-state index is 11.5. The number of halogens is 1. The van der Waals surface area contributed by atoms with Crippen molar-refractivity contribution in [2.45, 2.75) is 45.4 Å². The van der Waals surface area contributed by atoms with Gasteiger partial charge in [-0.05, 0) is 24.7 Å². The fourth-order valence-electron chi connectivity index (χ4n) is 3.62. The number of rotatable bonds is 4. The van der Waals surface area contributed by atoms with Crippen LogP contribution in [0.4, 0.5) is 0 Å². The zero-order chi connectivity index (χ0) is 15.3. The Morgan fingerprint density at radius 3 is 2.50 bits per heavy atom. The molecule has 22 heavy (non-hydrogen) atoms. The first-order chi connectivity index (χ1) is 10.0. The van der Waals surface area contributed by atoms with E-state index in [1.807, 2.05) is 0 Å². The zero-order valence-corrected chi connectivity index (χ0v) is 17.0. The van der Waals surface area contributed by atoms with E-state index in [1.54, 1.807) is 14.0 Å². The largest absolute Gasteiger partial charge is 0.355 e. The van der Waals surface area contributed by atoms with Gasteiger partial charge in [-0.2, -0.15) is 0 Å². The minimum atomic E-state index is -2.91. The molecule has 0 aromatic heterocycles. The molecule has 1 saturated carbocycles. The highest BCUT2D eigenvalue weighted by atomic mass is 127. The summed E-state index contributed by atoms with van der Waals surface area (Å²) in [6, 6.07) is 0. The number of nitrogens with zero attached hydrogens (tertiary/aromatic N) is 2. The molecule has 0 radical (unpaired) electrons. The highest BCUT2D eigenvalue weighted by Crippen LogP contribution is 2.43. The molecular formula is C15H30IN3O2S. The Morgan fingerprint density at radius 1 is 1.23 bits per heavy atom. The molecule has 0 aromatic rings. The van der Waals surface area contributed by atoms with Crippen LogP contribution < -0.4 is 5.32 Å². The fourth-order valence-corrected chi connectivity index (χ4v) is 4.32. The summed E-state index contributed by atoms with van der Waals surface area (Å²) in [6.07, 6.45) is 8.02. The van der Waals surface area contributed by atoms with E-state index in [1.165, 1.54) is 38.5 Å². The molecule has 0 bridgehead atoms. The van der Waals surface area contributed by atoms with E-state index in [9.17, 15) is 8.42 Å². The number of likely N-dealkylation sites (tertiary alicyclic amines) is 1. The van der Waals surface area contributed by atoms with Crippen LogP contribution in [-0.4, -0.2) is 57.5 Å². The average Bonchev–Trinajstić information content (AvgIpc) is 2.88. The summed E-state index contributed by atoms with van der Waals surface area (Å²) in [5.41, 5.74) is 0.491. The summed E-state index contributed by atoms with van der Waals surface area (Å²) >= 11 is 0. The third-order valence-electron chi connectivity index (χ3n) is 5.00. The number of hydrogen-bond acceptors (Lipinski definition) is 3. The molecule has 0 atom stereocenters. The van der Waals surface area contributed by atoms with Crippen molar-refractivity contribution < 1.29 is 8.42 Å². The van der Waals surface area contributed by atoms with E-state index in [4.69, 9.17) is 0 Å². The Labute approximate surface area is 152 Å². The average molecular weight is 443 g/mol. The van der Waals surface area contributed by atoms with E-state index in [0.717, 1.165) is 19.0 Å². The first-order valence-corrected chi connectivity index (χ1v) is 9.98. The van der Waals surface area contributed by atoms with Gasteiger partial charge in [-0.25, -0.2) is 8.42 Å². The molecule has 1 saturated heterocycles. The molecule has 1 spiro atoms. The van der Waals surface area contributed by atoms with Gasteiger partial charge in [0, 0.05) is 32.4 Å². The molecule has 1 heterocycles. The van der Waals surface area contributed by atoms with Crippen molar-refractivity contribution in [2.24, 2.45) is 10.4 Å². The SMILES string of the molecule is CCS(=O)(=O)CCNC(=NC)N1CCC2(CCCCC2)C1.I. The topological polar surface area (TPSA) is 61.8 Å². The quantitative estimate of drug-likeness (QED) is 0.412. The molecule has 1 N–H and O–H groups in total. The van der Waals surface area contributed by atoms with Gasteiger partial charge in [0.15, 0.2) is 15.8 Å². The number of guanidine groups is 1. The van der Waals surface area contributed by atoms with Crippen molar-refractivity contribution >= 4 is 39.8 Å². The van der Waals surface area contributed by atoms with Crippen LogP contribution in [-0.2, 0) is 9.84 Å². The Kier molecular flexibility index (Phi) is 7.91. The van der Waals surface area contributed by atoms with Crippen LogP contribution in [0.25, 0.3) is 0 Å². The maximum atomic E-state index is 11.5. The van der Waals surface area contributed by atoms with Gasteiger partial charge >= 0.3 is 0 Å². The van der Waals surface area contributed by atoms with Crippen molar-refractivity contribution in [1.82, 2.24) is 10.2 Å². The van der Waals surface area contributed by atoms with Crippen molar-refractivity contribution in [3.8, 4) is 0 Å². The predicted octanol–water partition coefficient (Wildman–Crippen LogP) is 2.27. The number of nitrogens with one attached hydrogen (secondary N) is 1. The van der Waals surface area contributed by atoms with Gasteiger partial charge in [0.1, 0.15) is 0 Å². The second-order valence-corrected chi connectivity index (χ2v) is 8.92. The number of aliphatic imine (C=N–C) groups is 1. The van der Waals surface area contributed by atoms with Gasteiger partial charge in [0.05, 0.1) is 5.75 Å². The third kappa shape index (κ3) is 5.25. The third-order valence-corrected chi connectivity index (χ3v) is 6.71. The molecule has 0 amide bonds. The van der Waals surface area contributed by atoms with Gasteiger partial charge in [-0.3, -0.25) is 4.99 Å². The molecule has 5 nitrogen and oxygen atoms in total. The predicted molar refractivity (Wildman–Crippen MR) is 103 cm³/mol. The minimum absolute atomic E-state index is 0. The maximum Gasteiger partial charge on any atom is 0.193 e. The monoisotopic (exact) mass is 443 g/mol. The second-order valence-electron chi connectivity index (χ2n) is 6.44. The number of hydrogen-bond donors (Lipinski definition) is 1. The summed E-state index contributed by atoms with van der Waals surface area (Å²) in [5, 5.41) is 3.22. The molecule has 1 aliphatic carbocycles. The molecule has 2 fully saturated rings. The Bertz CT molecular complexity index is 473. The lowest BCUT2D eigenvalue weighted by molar-refractivity contribution is 0.203. The van der Waals surface area contributed by atoms with Crippen LogP contribution in [0.1, 0.15) is 45.4 Å². The smallest absolute Gasteiger partial charge is 0.193 e. The van der Waals surface area contributed by atoms with E-state index in [2.05, 4.69) is 15.2 Å². The lowest BCUT2D eigenvalue weighted by atomic mass is 9.73. The van der Waals surface area contributed by atoms with Crippen LogP contribution >= 0.6 is 24.0 Å². The summed E-state index contributed by atoms with van der Waals surface area (Å²) in [7, 11) is -1.13. The second kappa shape index (κ2) is 8.70. The lowest BCUT2D eigenvalue weighted by Gasteiger charge is -2.33. The van der Waals surface area contributed by atoms with Crippen molar-refractivity contribution in [1.29, 1.82) is 0 Å². The molecule has 7 heteroatoms. The van der Waals surface area contributed by atoms with Crippen molar-refractivity contribution in [3.05, 3.63) is 0 Å². The van der Waals surface area contributed by atoms with Crippen LogP contribution in [0.2, 0.25) is 0 Å². The molecule has 0 aromatic carbocycles. The van der Waals surface area contributed by atoms with Crippen LogP contribution in [0.3, 0.4) is 0 Å². The van der Waals surface area contributed by atoms with Gasteiger partial charge < -0.3 is 10.2 Å². The number of sulfone groups is 1. The van der Waals surface area contributed by atoms with Crippen molar-refractivity contribution in [3.63, 3.8) is 0 Å². The molecule has 2 aliphatic rings. The zero-order valence-electron chi connectivity index (χ0n) is 13.8. The summed E-state index contributed by atoms with van der Waals surface area (Å²) in [4.78, 5) is 6.64. The summed E-state index contributed by atoms with van der Waals surface area (Å²) < 4.78 is 23.1. The van der Waals surface area contributed by atoms with Crippen LogP contribution in [0, 0.1) is 5.41 Å². The molecule has 130 valence electrons. The highest BCUT2D eigenvalue weighted by Gasteiger charge is 2.39. The van der Waals surface area contributed by atoms with Gasteiger partial charge in [-0.1, -0.05) is 26.2 Å². The molecule has 0 unspecified atom stereocenters. The first-order valence-electron chi connectivity index (χ1n) is 8.16. The molecule has 1 aliphatic heterocycles.